The van der Waals surface area contributed by atoms with Crippen LogP contribution in [0.15, 0.2) is 9.90 Å². The van der Waals surface area contributed by atoms with Crippen molar-refractivity contribution in [1.82, 2.24) is 15.1 Å². The molecule has 2 rings (SSSR count). The van der Waals surface area contributed by atoms with Gasteiger partial charge in [0.25, 0.3) is 0 Å². The van der Waals surface area contributed by atoms with E-state index >= 15 is 0 Å². The quantitative estimate of drug-likeness (QED) is 0.772. The first-order valence-electron chi connectivity index (χ1n) is 4.95. The van der Waals surface area contributed by atoms with E-state index in [9.17, 15) is 0 Å². The number of rotatable bonds is 5. The summed E-state index contributed by atoms with van der Waals surface area (Å²) >= 11 is 3.05. The van der Waals surface area contributed by atoms with Gasteiger partial charge in [-0.25, -0.2) is 4.98 Å². The van der Waals surface area contributed by atoms with E-state index in [0.717, 1.165) is 10.7 Å². The van der Waals surface area contributed by atoms with Gasteiger partial charge >= 0.3 is 0 Å². The number of thiazole rings is 1. The second-order valence-electron chi connectivity index (χ2n) is 3.31. The monoisotopic (exact) mass is 266 g/mol. The molecule has 0 aliphatic heterocycles. The highest BCUT2D eigenvalue weighted by Crippen LogP contribution is 2.14. The summed E-state index contributed by atoms with van der Waals surface area (Å²) in [7, 11) is 0. The van der Waals surface area contributed by atoms with Crippen LogP contribution < -0.4 is 0 Å². The van der Waals surface area contributed by atoms with Gasteiger partial charge < -0.3 is 4.52 Å². The number of aromatic nitrogens is 3. The van der Waals surface area contributed by atoms with Gasteiger partial charge in [-0.1, -0.05) is 5.16 Å². The standard InChI is InChI=1S/C10H10N4OS2/c1-7-5-17-10(12-7)4-8-13-9(15-14-8)6-16-3-2-11/h5H,3-4,6H2,1H3. The average Bonchev–Trinajstić information content (AvgIpc) is 2.90. The predicted octanol–water partition coefficient (Wildman–Crippen LogP) is 2.18. The minimum Gasteiger partial charge on any atom is -0.338 e. The van der Waals surface area contributed by atoms with Crippen LogP contribution in [0.2, 0.25) is 0 Å². The first kappa shape index (κ1) is 12.1. The number of aryl methyl sites for hydroxylation is 1. The summed E-state index contributed by atoms with van der Waals surface area (Å²) in [6.45, 7) is 1.96. The summed E-state index contributed by atoms with van der Waals surface area (Å²) in [5.74, 6) is 2.22. The molecule has 0 amide bonds. The van der Waals surface area contributed by atoms with E-state index in [2.05, 4.69) is 21.2 Å². The van der Waals surface area contributed by atoms with Crippen LogP contribution in [0.5, 0.6) is 0 Å². The first-order valence-corrected chi connectivity index (χ1v) is 6.98. The van der Waals surface area contributed by atoms with Crippen molar-refractivity contribution in [3.05, 3.63) is 27.8 Å². The van der Waals surface area contributed by atoms with Gasteiger partial charge in [-0.15, -0.1) is 23.1 Å². The Kier molecular flexibility index (Phi) is 4.12. The van der Waals surface area contributed by atoms with Crippen LogP contribution in [-0.4, -0.2) is 20.9 Å². The highest BCUT2D eigenvalue weighted by atomic mass is 32.2. The van der Waals surface area contributed by atoms with Gasteiger partial charge in [-0.3, -0.25) is 0 Å². The van der Waals surface area contributed by atoms with E-state index in [4.69, 9.17) is 9.78 Å². The van der Waals surface area contributed by atoms with Crippen LogP contribution in [0.25, 0.3) is 0 Å². The second kappa shape index (κ2) is 5.80. The number of nitriles is 1. The predicted molar refractivity (Wildman–Crippen MR) is 65.7 cm³/mol. The van der Waals surface area contributed by atoms with E-state index < -0.39 is 0 Å². The molecular weight excluding hydrogens is 256 g/mol. The Hall–Kier alpha value is -1.39. The Balaban J connectivity index is 1.92. The Labute approximate surface area is 107 Å². The number of thioether (sulfide) groups is 1. The molecule has 0 spiro atoms. The van der Waals surface area contributed by atoms with Gasteiger partial charge in [0.1, 0.15) is 5.01 Å². The third kappa shape index (κ3) is 3.54. The zero-order valence-corrected chi connectivity index (χ0v) is 10.8. The zero-order chi connectivity index (χ0) is 12.1. The van der Waals surface area contributed by atoms with Crippen molar-refractivity contribution in [3.8, 4) is 6.07 Å². The van der Waals surface area contributed by atoms with Crippen molar-refractivity contribution in [1.29, 1.82) is 5.26 Å². The fourth-order valence-electron chi connectivity index (χ4n) is 1.22. The van der Waals surface area contributed by atoms with Gasteiger partial charge in [0.15, 0.2) is 5.82 Å². The fourth-order valence-corrected chi connectivity index (χ4v) is 2.48. The molecule has 0 atom stereocenters. The molecule has 0 aliphatic rings. The Bertz CT molecular complexity index is 528. The van der Waals surface area contributed by atoms with E-state index in [0.29, 0.717) is 29.6 Å². The molecule has 0 N–H and O–H groups in total. The van der Waals surface area contributed by atoms with Crippen molar-refractivity contribution in [3.63, 3.8) is 0 Å². The van der Waals surface area contributed by atoms with E-state index in [-0.39, 0.29) is 0 Å². The molecule has 0 radical (unpaired) electrons. The topological polar surface area (TPSA) is 75.6 Å². The van der Waals surface area contributed by atoms with E-state index in [1.54, 1.807) is 11.3 Å². The third-order valence-electron chi connectivity index (χ3n) is 1.88. The smallest absolute Gasteiger partial charge is 0.236 e. The molecule has 2 heterocycles. The van der Waals surface area contributed by atoms with Crippen LogP contribution in [0.1, 0.15) is 22.4 Å². The lowest BCUT2D eigenvalue weighted by atomic mass is 10.4. The summed E-state index contributed by atoms with van der Waals surface area (Å²) in [6.07, 6.45) is 0.602. The summed E-state index contributed by atoms with van der Waals surface area (Å²) in [6, 6.07) is 2.05. The molecule has 7 heteroatoms. The minimum atomic E-state index is 0.434. The van der Waals surface area contributed by atoms with Crippen LogP contribution in [0.4, 0.5) is 0 Å². The summed E-state index contributed by atoms with van der Waals surface area (Å²) in [5, 5.41) is 15.3. The Morgan fingerprint density at radius 2 is 2.41 bits per heavy atom. The molecule has 0 saturated carbocycles. The van der Waals surface area contributed by atoms with Crippen LogP contribution >= 0.6 is 23.1 Å². The van der Waals surface area contributed by atoms with Gasteiger partial charge in [0.2, 0.25) is 5.89 Å². The maximum Gasteiger partial charge on any atom is 0.236 e. The van der Waals surface area contributed by atoms with Gasteiger partial charge in [0, 0.05) is 11.1 Å². The van der Waals surface area contributed by atoms with Gasteiger partial charge in [-0.05, 0) is 6.92 Å². The number of hydrogen-bond acceptors (Lipinski definition) is 7. The van der Waals surface area contributed by atoms with Crippen LogP contribution in [-0.2, 0) is 12.2 Å². The normalized spacial score (nSPS) is 10.4. The lowest BCUT2D eigenvalue weighted by molar-refractivity contribution is 0.386. The fraction of sp³-hybridized carbons (Fsp3) is 0.400. The van der Waals surface area contributed by atoms with E-state index in [1.165, 1.54) is 11.8 Å². The maximum atomic E-state index is 8.40. The molecule has 0 unspecified atom stereocenters. The number of hydrogen-bond donors (Lipinski definition) is 0. The molecule has 17 heavy (non-hydrogen) atoms. The minimum absolute atomic E-state index is 0.434. The second-order valence-corrected chi connectivity index (χ2v) is 5.24. The van der Waals surface area contributed by atoms with Crippen molar-refractivity contribution < 1.29 is 4.52 Å². The number of nitrogens with zero attached hydrogens (tertiary/aromatic N) is 4. The summed E-state index contributed by atoms with van der Waals surface area (Å²) in [5.41, 5.74) is 1.01. The van der Waals surface area contributed by atoms with Crippen LogP contribution in [0, 0.1) is 18.3 Å². The molecule has 0 aliphatic carbocycles. The van der Waals surface area contributed by atoms with Crippen molar-refractivity contribution in [2.24, 2.45) is 0 Å². The van der Waals surface area contributed by atoms with Crippen molar-refractivity contribution in [2.75, 3.05) is 5.75 Å². The molecule has 2 aromatic heterocycles. The van der Waals surface area contributed by atoms with Crippen molar-refractivity contribution >= 4 is 23.1 Å². The Morgan fingerprint density at radius 3 is 3.12 bits per heavy atom. The first-order chi connectivity index (χ1) is 8.28. The summed E-state index contributed by atoms with van der Waals surface area (Å²) in [4.78, 5) is 8.58. The summed E-state index contributed by atoms with van der Waals surface area (Å²) < 4.78 is 5.08. The highest BCUT2D eigenvalue weighted by molar-refractivity contribution is 7.98. The highest BCUT2D eigenvalue weighted by Gasteiger charge is 2.09. The maximum absolute atomic E-state index is 8.40. The molecular formula is C10H10N4OS2. The SMILES string of the molecule is Cc1csc(Cc2noc(CSCC#N)n2)n1. The third-order valence-corrected chi connectivity index (χ3v) is 3.63. The average molecular weight is 266 g/mol. The van der Waals surface area contributed by atoms with Gasteiger partial charge in [0.05, 0.1) is 24.0 Å². The zero-order valence-electron chi connectivity index (χ0n) is 9.21. The molecule has 88 valence electrons. The van der Waals surface area contributed by atoms with Crippen LogP contribution in [0.3, 0.4) is 0 Å². The molecule has 0 aromatic carbocycles. The van der Waals surface area contributed by atoms with Gasteiger partial charge in [-0.2, -0.15) is 10.2 Å². The molecule has 2 aromatic rings. The van der Waals surface area contributed by atoms with Crippen molar-refractivity contribution in [2.45, 2.75) is 19.1 Å². The lowest BCUT2D eigenvalue weighted by Gasteiger charge is -1.88. The molecule has 5 nitrogen and oxygen atoms in total. The molecule has 0 fully saturated rings. The molecule has 0 bridgehead atoms. The van der Waals surface area contributed by atoms with E-state index in [1.807, 2.05) is 12.3 Å². The Morgan fingerprint density at radius 1 is 1.53 bits per heavy atom. The molecule has 0 saturated heterocycles. The largest absolute Gasteiger partial charge is 0.338 e. The lowest BCUT2D eigenvalue weighted by Crippen LogP contribution is -1.90.